The number of carbonyl (C=O) groups is 3. The number of amides is 4. The average molecular weight is 758 g/mol. The summed E-state index contributed by atoms with van der Waals surface area (Å²) in [7, 11) is 0. The summed E-state index contributed by atoms with van der Waals surface area (Å²) in [5, 5.41) is 5.56. The fourth-order valence-corrected chi connectivity index (χ4v) is 9.16. The minimum Gasteiger partial charge on any atom is -0.436 e. The third-order valence-corrected chi connectivity index (χ3v) is 12.1. The van der Waals surface area contributed by atoms with Crippen molar-refractivity contribution in [2.45, 2.75) is 69.2 Å². The van der Waals surface area contributed by atoms with Crippen LogP contribution in [0.3, 0.4) is 0 Å². The van der Waals surface area contributed by atoms with E-state index in [2.05, 4.69) is 15.1 Å². The van der Waals surface area contributed by atoms with Crippen LogP contribution in [0.1, 0.15) is 47.9 Å². The summed E-state index contributed by atoms with van der Waals surface area (Å²) in [6.45, 7) is 5.49. The number of thiophene rings is 1. The minimum atomic E-state index is -5.21. The number of fused-ring (bicyclic) bond motifs is 4. The number of piperidine rings is 4. The molecule has 8 rings (SSSR count). The van der Waals surface area contributed by atoms with Gasteiger partial charge in [-0.2, -0.15) is 26.3 Å². The lowest BCUT2D eigenvalue weighted by molar-refractivity contribution is -0.143. The lowest BCUT2D eigenvalue weighted by atomic mass is 9.83. The number of hydrogen-bond donors (Lipinski definition) is 2. The molecule has 5 fully saturated rings. The van der Waals surface area contributed by atoms with Gasteiger partial charge in [-0.05, 0) is 73.8 Å². The molecule has 6 aliphatic heterocycles. The Labute approximate surface area is 300 Å². The zero-order valence-electron chi connectivity index (χ0n) is 28.3. The first-order valence-electron chi connectivity index (χ1n) is 17.6. The monoisotopic (exact) mass is 757 g/mol. The molecule has 284 valence electrons. The van der Waals surface area contributed by atoms with Crippen molar-refractivity contribution in [2.75, 3.05) is 70.0 Å². The summed E-state index contributed by atoms with van der Waals surface area (Å²) >= 11 is 1.43. The molecule has 11 nitrogen and oxygen atoms in total. The van der Waals surface area contributed by atoms with Crippen molar-refractivity contribution >= 4 is 40.1 Å². The van der Waals surface area contributed by atoms with E-state index in [9.17, 15) is 40.7 Å². The fourth-order valence-electron chi connectivity index (χ4n) is 8.36. The maximum atomic E-state index is 14.0. The summed E-state index contributed by atoms with van der Waals surface area (Å²) in [5.41, 5.74) is 1.03. The van der Waals surface area contributed by atoms with Crippen molar-refractivity contribution in [1.29, 1.82) is 0 Å². The number of rotatable bonds is 6. The Hall–Kier alpha value is -3.77. The van der Waals surface area contributed by atoms with Crippen molar-refractivity contribution in [3.8, 4) is 0 Å². The number of nitrogens with two attached hydrogens (primary N) is 1. The number of urea groups is 1. The number of anilines is 2. The summed E-state index contributed by atoms with van der Waals surface area (Å²) in [5.74, 6) is -0.119. The van der Waals surface area contributed by atoms with Gasteiger partial charge in [-0.15, -0.1) is 11.3 Å². The molecule has 5 saturated heterocycles. The van der Waals surface area contributed by atoms with Crippen molar-refractivity contribution in [3.05, 3.63) is 45.8 Å². The topological polar surface area (TPSA) is 115 Å². The normalized spacial score (nSPS) is 25.2. The zero-order chi connectivity index (χ0) is 36.9. The number of benzene rings is 1. The van der Waals surface area contributed by atoms with E-state index >= 15 is 0 Å². The maximum Gasteiger partial charge on any atom is 0.418 e. The molecular weight excluding hydrogens is 716 g/mol. The van der Waals surface area contributed by atoms with Crippen molar-refractivity contribution in [3.63, 3.8) is 0 Å². The van der Waals surface area contributed by atoms with Crippen LogP contribution in [-0.2, 0) is 34.8 Å². The molecule has 0 aliphatic carbocycles. The Morgan fingerprint density at radius 3 is 2.12 bits per heavy atom. The SMILES string of the molecule is Nc1c(C(F)(F)F)cc(C[C@@H](OC(=O)N2CCC(N3Cc4ccsc4NC3=O)CC2)C(=O)N2CCN(C3CN4CCC3CC4)CC2)cc1C(F)(F)F. The summed E-state index contributed by atoms with van der Waals surface area (Å²) in [4.78, 5) is 49.6. The van der Waals surface area contributed by atoms with Gasteiger partial charge in [0.25, 0.3) is 5.91 Å². The highest BCUT2D eigenvalue weighted by Crippen LogP contribution is 2.42. The summed E-state index contributed by atoms with van der Waals surface area (Å²) < 4.78 is 89.0. The van der Waals surface area contributed by atoms with Gasteiger partial charge >= 0.3 is 24.5 Å². The fraction of sp³-hybridized carbons (Fsp3) is 0.618. The molecule has 2 atom stereocenters. The molecule has 18 heteroatoms. The second-order valence-electron chi connectivity index (χ2n) is 14.3. The third kappa shape index (κ3) is 7.51. The van der Waals surface area contributed by atoms with E-state index in [1.807, 2.05) is 11.4 Å². The number of alkyl halides is 6. The molecule has 52 heavy (non-hydrogen) atoms. The second kappa shape index (κ2) is 14.2. The van der Waals surface area contributed by atoms with Crippen LogP contribution in [0, 0.1) is 5.92 Å². The van der Waals surface area contributed by atoms with Crippen molar-refractivity contribution in [2.24, 2.45) is 5.92 Å². The van der Waals surface area contributed by atoms with Crippen LogP contribution in [0.25, 0.3) is 0 Å². The number of nitrogens with one attached hydrogen (secondary N) is 1. The van der Waals surface area contributed by atoms with Crippen molar-refractivity contribution < 1.29 is 45.5 Å². The predicted molar refractivity (Wildman–Crippen MR) is 179 cm³/mol. The first kappa shape index (κ1) is 36.6. The van der Waals surface area contributed by atoms with E-state index in [1.54, 1.807) is 4.90 Å². The van der Waals surface area contributed by atoms with Gasteiger partial charge in [0.1, 0.15) is 5.00 Å². The van der Waals surface area contributed by atoms with Gasteiger partial charge < -0.3 is 30.1 Å². The molecule has 7 heterocycles. The van der Waals surface area contributed by atoms with Crippen LogP contribution in [-0.4, -0.2) is 120 Å². The Morgan fingerprint density at radius 2 is 1.54 bits per heavy atom. The average Bonchev–Trinajstić information content (AvgIpc) is 3.58. The van der Waals surface area contributed by atoms with E-state index in [4.69, 9.17) is 10.5 Å². The van der Waals surface area contributed by atoms with E-state index < -0.39 is 59.3 Å². The van der Waals surface area contributed by atoms with Gasteiger partial charge in [0, 0.05) is 69.9 Å². The van der Waals surface area contributed by atoms with Gasteiger partial charge in [0.05, 0.1) is 23.4 Å². The van der Waals surface area contributed by atoms with Gasteiger partial charge in [0.2, 0.25) is 0 Å². The highest BCUT2D eigenvalue weighted by atomic mass is 32.1. The Kier molecular flexibility index (Phi) is 10.0. The van der Waals surface area contributed by atoms with Gasteiger partial charge in [-0.25, -0.2) is 9.59 Å². The van der Waals surface area contributed by atoms with E-state index in [1.165, 1.54) is 21.1 Å². The Morgan fingerprint density at radius 1 is 0.904 bits per heavy atom. The number of nitrogens with zero attached hydrogens (tertiary/aromatic N) is 5. The molecule has 1 aromatic heterocycles. The molecule has 0 radical (unpaired) electrons. The van der Waals surface area contributed by atoms with Crippen LogP contribution in [0.2, 0.25) is 0 Å². The first-order chi connectivity index (χ1) is 24.7. The predicted octanol–water partition coefficient (Wildman–Crippen LogP) is 5.17. The smallest absolute Gasteiger partial charge is 0.418 e. The quantitative estimate of drug-likeness (QED) is 0.309. The van der Waals surface area contributed by atoms with Crippen molar-refractivity contribution in [1.82, 2.24) is 24.5 Å². The number of piperazine rings is 1. The van der Waals surface area contributed by atoms with Gasteiger partial charge in [0.15, 0.2) is 6.10 Å². The van der Waals surface area contributed by atoms with Crippen LogP contribution < -0.4 is 11.1 Å². The van der Waals surface area contributed by atoms with Gasteiger partial charge in [-0.3, -0.25) is 15.0 Å². The lowest BCUT2D eigenvalue weighted by Gasteiger charge is -2.51. The van der Waals surface area contributed by atoms with E-state index in [0.29, 0.717) is 56.6 Å². The van der Waals surface area contributed by atoms with Crippen LogP contribution in [0.4, 0.5) is 46.6 Å². The molecule has 0 saturated carbocycles. The molecule has 1 unspecified atom stereocenters. The largest absolute Gasteiger partial charge is 0.436 e. The minimum absolute atomic E-state index is 0.168. The zero-order valence-corrected chi connectivity index (χ0v) is 29.2. The summed E-state index contributed by atoms with van der Waals surface area (Å²) in [6.07, 6.45) is -10.7. The van der Waals surface area contributed by atoms with Crippen LogP contribution >= 0.6 is 11.3 Å². The van der Waals surface area contributed by atoms with Crippen LogP contribution in [0.5, 0.6) is 0 Å². The highest BCUT2D eigenvalue weighted by Gasteiger charge is 2.43. The molecule has 2 bridgehead atoms. The molecule has 3 N–H and O–H groups in total. The number of hydrogen-bond acceptors (Lipinski definition) is 8. The second-order valence-corrected chi connectivity index (χ2v) is 15.2. The highest BCUT2D eigenvalue weighted by molar-refractivity contribution is 7.14. The Bertz CT molecular complexity index is 1630. The van der Waals surface area contributed by atoms with Gasteiger partial charge in [-0.1, -0.05) is 0 Å². The molecule has 6 aliphatic rings. The maximum absolute atomic E-state index is 14.0. The standard InChI is InChI=1S/C34H41F6N7O4S/c35-33(36,37)24-15-20(16-25(28(24)41)34(38,39)40)17-27(30(48)45-12-10-44(11-13-45)26-19-43-6-1-21(26)2-7-43)51-32(50)46-8-3-23(4-9-46)47-18-22-5-14-52-29(22)42-31(47)49/h5,14-16,21,23,26-27H,1-4,6-13,17-19,41H2,(H,42,49)/t26?,27-/m1/s1. The van der Waals surface area contributed by atoms with Crippen LogP contribution in [0.15, 0.2) is 23.6 Å². The van der Waals surface area contributed by atoms with E-state index in [-0.39, 0.29) is 38.3 Å². The van der Waals surface area contributed by atoms with E-state index in [0.717, 1.165) is 43.0 Å². The lowest BCUT2D eigenvalue weighted by Crippen LogP contribution is -2.62. The number of likely N-dealkylation sites (tertiary alicyclic amines) is 1. The molecule has 1 aromatic carbocycles. The number of carbonyl (C=O) groups excluding carboxylic acids is 3. The Balaban J connectivity index is 1.06. The number of ether oxygens (including phenoxy) is 1. The first-order valence-corrected chi connectivity index (χ1v) is 18.4. The number of nitrogen functional groups attached to an aromatic ring is 1. The molecule has 0 spiro atoms. The molecule has 2 aromatic rings. The third-order valence-electron chi connectivity index (χ3n) is 11.2. The molecule has 4 amide bonds. The number of halogens is 6. The summed E-state index contributed by atoms with van der Waals surface area (Å²) in [6, 6.07) is 2.84. The molecular formula is C34H41F6N7O4S.